The van der Waals surface area contributed by atoms with Crippen LogP contribution in [0.25, 0.3) is 0 Å². The van der Waals surface area contributed by atoms with Gasteiger partial charge in [-0.15, -0.1) is 0 Å². The number of aliphatic hydroxyl groups is 1. The van der Waals surface area contributed by atoms with E-state index in [1.54, 1.807) is 0 Å². The normalized spacial score (nSPS) is 26.4. The molecule has 1 aliphatic carbocycles. The third kappa shape index (κ3) is 4.98. The van der Waals surface area contributed by atoms with Crippen molar-refractivity contribution in [3.8, 4) is 0 Å². The summed E-state index contributed by atoms with van der Waals surface area (Å²) in [4.78, 5) is 11.5. The summed E-state index contributed by atoms with van der Waals surface area (Å²) in [5.41, 5.74) is -0.423. The molecule has 86 valence electrons. The summed E-state index contributed by atoms with van der Waals surface area (Å²) in [5, 5.41) is 9.42. The van der Waals surface area contributed by atoms with Gasteiger partial charge in [0.1, 0.15) is 5.60 Å². The second-order valence-corrected chi connectivity index (χ2v) is 5.10. The lowest BCUT2D eigenvalue weighted by Crippen LogP contribution is -2.26. The molecular weight excluding hydrogens is 192 g/mol. The van der Waals surface area contributed by atoms with E-state index in [-0.39, 0.29) is 18.0 Å². The first-order valence-electron chi connectivity index (χ1n) is 5.43. The predicted octanol–water partition coefficient (Wildman–Crippen LogP) is 2.05. The van der Waals surface area contributed by atoms with E-state index in [4.69, 9.17) is 4.74 Å². The highest BCUT2D eigenvalue weighted by Gasteiger charge is 2.22. The number of ether oxygens (including phenoxy) is 1. The molecule has 0 spiro atoms. The third-order valence-corrected chi connectivity index (χ3v) is 2.24. The van der Waals surface area contributed by atoms with Crippen LogP contribution in [-0.4, -0.2) is 22.8 Å². The molecule has 1 aliphatic rings. The van der Waals surface area contributed by atoms with Crippen molar-refractivity contribution in [3.05, 3.63) is 12.2 Å². The standard InChI is InChI=1S/C12H20O3/c1-12(2,3)15-11(14)8-9-5-4-6-10(13)7-9/h4-5,9-10,13H,6-8H2,1-3H3/t9-,10-/m0/s1. The number of allylic oxidation sites excluding steroid dienone is 1. The van der Waals surface area contributed by atoms with E-state index in [2.05, 4.69) is 0 Å². The van der Waals surface area contributed by atoms with Crippen molar-refractivity contribution in [2.24, 2.45) is 5.92 Å². The van der Waals surface area contributed by atoms with E-state index in [1.165, 1.54) is 0 Å². The summed E-state index contributed by atoms with van der Waals surface area (Å²) in [6, 6.07) is 0. The monoisotopic (exact) mass is 212 g/mol. The largest absolute Gasteiger partial charge is 0.460 e. The summed E-state index contributed by atoms with van der Waals surface area (Å²) < 4.78 is 5.22. The van der Waals surface area contributed by atoms with Crippen molar-refractivity contribution in [1.29, 1.82) is 0 Å². The molecule has 2 atom stereocenters. The minimum atomic E-state index is -0.423. The Balaban J connectivity index is 2.38. The molecule has 0 aliphatic heterocycles. The van der Waals surface area contributed by atoms with Gasteiger partial charge in [0.2, 0.25) is 0 Å². The molecule has 0 amide bonds. The molecule has 1 rings (SSSR count). The molecule has 0 radical (unpaired) electrons. The third-order valence-electron chi connectivity index (χ3n) is 2.24. The Kier molecular flexibility index (Phi) is 3.91. The van der Waals surface area contributed by atoms with Crippen LogP contribution in [0.2, 0.25) is 0 Å². The van der Waals surface area contributed by atoms with Gasteiger partial charge in [0.25, 0.3) is 0 Å². The maximum absolute atomic E-state index is 11.5. The van der Waals surface area contributed by atoms with Gasteiger partial charge in [0, 0.05) is 0 Å². The fourth-order valence-corrected chi connectivity index (χ4v) is 1.70. The zero-order chi connectivity index (χ0) is 11.5. The van der Waals surface area contributed by atoms with E-state index in [1.807, 2.05) is 32.9 Å². The molecule has 0 aromatic heterocycles. The highest BCUT2D eigenvalue weighted by molar-refractivity contribution is 5.70. The van der Waals surface area contributed by atoms with Crippen molar-refractivity contribution in [2.75, 3.05) is 0 Å². The van der Waals surface area contributed by atoms with Crippen LogP contribution in [0.5, 0.6) is 0 Å². The van der Waals surface area contributed by atoms with Crippen molar-refractivity contribution in [2.45, 2.75) is 51.7 Å². The van der Waals surface area contributed by atoms with Gasteiger partial charge in [-0.2, -0.15) is 0 Å². The van der Waals surface area contributed by atoms with Gasteiger partial charge in [0.05, 0.1) is 12.5 Å². The molecule has 3 heteroatoms. The highest BCUT2D eigenvalue weighted by atomic mass is 16.6. The molecule has 3 nitrogen and oxygen atoms in total. The first-order chi connectivity index (χ1) is 6.87. The number of aliphatic hydroxyl groups excluding tert-OH is 1. The maximum atomic E-state index is 11.5. The van der Waals surface area contributed by atoms with Crippen molar-refractivity contribution in [1.82, 2.24) is 0 Å². The summed E-state index contributed by atoms with van der Waals surface area (Å²) in [6.45, 7) is 5.57. The molecule has 0 bridgehead atoms. The van der Waals surface area contributed by atoms with Crippen LogP contribution in [0.3, 0.4) is 0 Å². The van der Waals surface area contributed by atoms with E-state index >= 15 is 0 Å². The van der Waals surface area contributed by atoms with E-state index in [0.29, 0.717) is 19.3 Å². The average Bonchev–Trinajstić information content (AvgIpc) is 1.99. The molecule has 0 heterocycles. The molecule has 0 unspecified atom stereocenters. The fourth-order valence-electron chi connectivity index (χ4n) is 1.70. The molecule has 15 heavy (non-hydrogen) atoms. The Morgan fingerprint density at radius 1 is 1.53 bits per heavy atom. The van der Waals surface area contributed by atoms with Crippen molar-refractivity contribution in [3.63, 3.8) is 0 Å². The first kappa shape index (κ1) is 12.2. The van der Waals surface area contributed by atoms with Crippen LogP contribution in [0.1, 0.15) is 40.0 Å². The Labute approximate surface area is 91.1 Å². The number of carbonyl (C=O) groups is 1. The van der Waals surface area contributed by atoms with E-state index in [9.17, 15) is 9.90 Å². The lowest BCUT2D eigenvalue weighted by Gasteiger charge is -2.23. The molecule has 0 aromatic carbocycles. The van der Waals surface area contributed by atoms with Gasteiger partial charge in [-0.05, 0) is 39.5 Å². The van der Waals surface area contributed by atoms with Crippen molar-refractivity contribution < 1.29 is 14.6 Å². The summed E-state index contributed by atoms with van der Waals surface area (Å²) in [5.74, 6) is -0.0603. The van der Waals surface area contributed by atoms with Gasteiger partial charge >= 0.3 is 5.97 Å². The average molecular weight is 212 g/mol. The Bertz CT molecular complexity index is 250. The van der Waals surface area contributed by atoms with Crippen LogP contribution in [-0.2, 0) is 9.53 Å². The van der Waals surface area contributed by atoms with Crippen LogP contribution >= 0.6 is 0 Å². The topological polar surface area (TPSA) is 46.5 Å². The Morgan fingerprint density at radius 3 is 2.73 bits per heavy atom. The van der Waals surface area contributed by atoms with Gasteiger partial charge in [-0.1, -0.05) is 12.2 Å². The van der Waals surface area contributed by atoms with Crippen molar-refractivity contribution >= 4 is 5.97 Å². The van der Waals surface area contributed by atoms with Gasteiger partial charge in [-0.3, -0.25) is 4.79 Å². The lowest BCUT2D eigenvalue weighted by atomic mass is 9.91. The van der Waals surface area contributed by atoms with Crippen LogP contribution in [0, 0.1) is 5.92 Å². The zero-order valence-corrected chi connectivity index (χ0v) is 9.69. The minimum Gasteiger partial charge on any atom is -0.460 e. The fraction of sp³-hybridized carbons (Fsp3) is 0.750. The Morgan fingerprint density at radius 2 is 2.20 bits per heavy atom. The molecule has 1 N–H and O–H groups in total. The first-order valence-corrected chi connectivity index (χ1v) is 5.43. The quantitative estimate of drug-likeness (QED) is 0.563. The SMILES string of the molecule is CC(C)(C)OC(=O)C[C@H]1C=CC[C@H](O)C1. The number of carbonyl (C=O) groups excluding carboxylic acids is 1. The van der Waals surface area contributed by atoms with E-state index in [0.717, 1.165) is 0 Å². The smallest absolute Gasteiger partial charge is 0.306 e. The number of hydrogen-bond acceptors (Lipinski definition) is 3. The molecule has 0 fully saturated rings. The number of hydrogen-bond donors (Lipinski definition) is 1. The highest BCUT2D eigenvalue weighted by Crippen LogP contribution is 2.22. The van der Waals surface area contributed by atoms with Crippen LogP contribution in [0.15, 0.2) is 12.2 Å². The second kappa shape index (κ2) is 4.79. The molecular formula is C12H20O3. The summed E-state index contributed by atoms with van der Waals surface area (Å²) in [7, 11) is 0. The van der Waals surface area contributed by atoms with Gasteiger partial charge < -0.3 is 9.84 Å². The number of rotatable bonds is 2. The molecule has 0 saturated heterocycles. The van der Waals surface area contributed by atoms with Gasteiger partial charge in [-0.25, -0.2) is 0 Å². The van der Waals surface area contributed by atoms with Gasteiger partial charge in [0.15, 0.2) is 0 Å². The van der Waals surface area contributed by atoms with Crippen LogP contribution < -0.4 is 0 Å². The molecule has 0 aromatic rings. The maximum Gasteiger partial charge on any atom is 0.306 e. The second-order valence-electron chi connectivity index (χ2n) is 5.10. The molecule has 0 saturated carbocycles. The minimum absolute atomic E-state index is 0.128. The summed E-state index contributed by atoms with van der Waals surface area (Å²) in [6.07, 6.45) is 5.35. The number of esters is 1. The summed E-state index contributed by atoms with van der Waals surface area (Å²) >= 11 is 0. The Hall–Kier alpha value is -0.830. The van der Waals surface area contributed by atoms with E-state index < -0.39 is 5.60 Å². The van der Waals surface area contributed by atoms with Crippen LogP contribution in [0.4, 0.5) is 0 Å². The predicted molar refractivity (Wildman–Crippen MR) is 58.3 cm³/mol. The lowest BCUT2D eigenvalue weighted by molar-refractivity contribution is -0.155. The zero-order valence-electron chi connectivity index (χ0n) is 9.69.